The summed E-state index contributed by atoms with van der Waals surface area (Å²) in [6.45, 7) is 2.88. The molecule has 20 heavy (non-hydrogen) atoms. The number of aryl methyl sites for hydroxylation is 1. The van der Waals surface area contributed by atoms with Crippen LogP contribution >= 0.6 is 11.8 Å². The number of nitrogens with one attached hydrogen (secondary N) is 1. The van der Waals surface area contributed by atoms with Crippen LogP contribution in [0.1, 0.15) is 17.5 Å². The van der Waals surface area contributed by atoms with Gasteiger partial charge in [-0.25, -0.2) is 0 Å². The lowest BCUT2D eigenvalue weighted by Crippen LogP contribution is -2.27. The van der Waals surface area contributed by atoms with Crippen molar-refractivity contribution in [3.8, 4) is 5.75 Å². The Morgan fingerprint density at radius 3 is 2.90 bits per heavy atom. The Morgan fingerprint density at radius 2 is 2.20 bits per heavy atom. The largest absolute Gasteiger partial charge is 0.496 e. The molecule has 0 bridgehead atoms. The maximum Gasteiger partial charge on any atom is 0.224 e. The van der Waals surface area contributed by atoms with Crippen LogP contribution in [0.2, 0.25) is 0 Å². The highest BCUT2D eigenvalue weighted by Gasteiger charge is 2.08. The van der Waals surface area contributed by atoms with Crippen LogP contribution in [0.25, 0.3) is 0 Å². The van der Waals surface area contributed by atoms with E-state index in [0.717, 1.165) is 34.8 Å². The van der Waals surface area contributed by atoms with Gasteiger partial charge in [-0.3, -0.25) is 4.79 Å². The summed E-state index contributed by atoms with van der Waals surface area (Å²) in [5.74, 6) is 2.56. The van der Waals surface area contributed by atoms with Crippen LogP contribution in [-0.4, -0.2) is 42.8 Å². The number of hydrogen-bond acceptors (Lipinski definition) is 4. The summed E-state index contributed by atoms with van der Waals surface area (Å²) in [6.07, 6.45) is 1.14. The molecule has 0 saturated carbocycles. The summed E-state index contributed by atoms with van der Waals surface area (Å²) >= 11 is 1.74. The molecule has 0 atom stereocenters. The molecular formula is C15H23NO3S. The van der Waals surface area contributed by atoms with Crippen LogP contribution in [0, 0.1) is 6.92 Å². The van der Waals surface area contributed by atoms with Gasteiger partial charge in [-0.15, -0.1) is 0 Å². The van der Waals surface area contributed by atoms with Crippen molar-refractivity contribution in [2.45, 2.75) is 19.8 Å². The van der Waals surface area contributed by atoms with Crippen molar-refractivity contribution in [3.63, 3.8) is 0 Å². The number of thioether (sulfide) groups is 1. The van der Waals surface area contributed by atoms with Crippen LogP contribution in [0.3, 0.4) is 0 Å². The highest BCUT2D eigenvalue weighted by Crippen LogP contribution is 2.20. The van der Waals surface area contributed by atoms with E-state index in [1.807, 2.05) is 25.1 Å². The first-order valence-electron chi connectivity index (χ1n) is 6.76. The van der Waals surface area contributed by atoms with Crippen LogP contribution in [-0.2, 0) is 11.2 Å². The third-order valence-corrected chi connectivity index (χ3v) is 3.87. The van der Waals surface area contributed by atoms with E-state index >= 15 is 0 Å². The summed E-state index contributed by atoms with van der Waals surface area (Å²) in [6, 6.07) is 5.84. The van der Waals surface area contributed by atoms with Gasteiger partial charge in [-0.1, -0.05) is 17.7 Å². The summed E-state index contributed by atoms with van der Waals surface area (Å²) in [5.41, 5.74) is 2.03. The number of amides is 1. The van der Waals surface area contributed by atoms with Gasteiger partial charge in [-0.05, 0) is 25.2 Å². The standard InChI is InChI=1S/C15H23NO3S/c1-12-4-5-14(19-2)13(10-12)11-15(18)16-6-9-20-8-3-7-17/h4-5,10,17H,3,6-9,11H2,1-2H3,(H,16,18). The third-order valence-electron chi connectivity index (χ3n) is 2.80. The minimum absolute atomic E-state index is 0.0108. The molecule has 2 N–H and O–H groups in total. The van der Waals surface area contributed by atoms with Gasteiger partial charge in [0, 0.05) is 24.5 Å². The van der Waals surface area contributed by atoms with Crippen molar-refractivity contribution in [1.29, 1.82) is 0 Å². The molecule has 0 aliphatic heterocycles. The quantitative estimate of drug-likeness (QED) is 0.682. The summed E-state index contributed by atoms with van der Waals surface area (Å²) < 4.78 is 5.26. The first-order valence-corrected chi connectivity index (χ1v) is 7.91. The SMILES string of the molecule is COc1ccc(C)cc1CC(=O)NCCSCCCO. The van der Waals surface area contributed by atoms with Crippen molar-refractivity contribution in [2.24, 2.45) is 0 Å². The van der Waals surface area contributed by atoms with Crippen molar-refractivity contribution in [1.82, 2.24) is 5.32 Å². The van der Waals surface area contributed by atoms with Crippen LogP contribution in [0.15, 0.2) is 18.2 Å². The Kier molecular flexibility index (Phi) is 8.14. The smallest absolute Gasteiger partial charge is 0.224 e. The first-order chi connectivity index (χ1) is 9.67. The van der Waals surface area contributed by atoms with Crippen LogP contribution in [0.5, 0.6) is 5.75 Å². The second-order valence-electron chi connectivity index (χ2n) is 4.53. The van der Waals surface area contributed by atoms with Gasteiger partial charge in [-0.2, -0.15) is 11.8 Å². The fourth-order valence-corrected chi connectivity index (χ4v) is 2.60. The Hall–Kier alpha value is -1.20. The molecule has 0 heterocycles. The lowest BCUT2D eigenvalue weighted by molar-refractivity contribution is -0.120. The van der Waals surface area contributed by atoms with E-state index < -0.39 is 0 Å². The zero-order valence-corrected chi connectivity index (χ0v) is 13.0. The highest BCUT2D eigenvalue weighted by atomic mass is 32.2. The van der Waals surface area contributed by atoms with E-state index in [4.69, 9.17) is 9.84 Å². The molecule has 112 valence electrons. The van der Waals surface area contributed by atoms with Crippen molar-refractivity contribution < 1.29 is 14.6 Å². The molecule has 0 fully saturated rings. The van der Waals surface area contributed by atoms with E-state index in [9.17, 15) is 4.79 Å². The summed E-state index contributed by atoms with van der Waals surface area (Å²) in [5, 5.41) is 11.6. The predicted molar refractivity (Wildman–Crippen MR) is 83.5 cm³/mol. The fourth-order valence-electron chi connectivity index (χ4n) is 1.81. The molecule has 0 unspecified atom stereocenters. The van der Waals surface area contributed by atoms with E-state index in [0.29, 0.717) is 13.0 Å². The number of ether oxygens (including phenoxy) is 1. The topological polar surface area (TPSA) is 58.6 Å². The number of benzene rings is 1. The predicted octanol–water partition coefficient (Wildman–Crippen LogP) is 1.78. The average Bonchev–Trinajstić information content (AvgIpc) is 2.43. The molecule has 0 aliphatic carbocycles. The maximum atomic E-state index is 11.9. The zero-order chi connectivity index (χ0) is 14.8. The molecule has 1 aromatic rings. The van der Waals surface area contributed by atoms with Gasteiger partial charge >= 0.3 is 0 Å². The third kappa shape index (κ3) is 6.30. The Morgan fingerprint density at radius 1 is 1.40 bits per heavy atom. The number of aliphatic hydroxyl groups excluding tert-OH is 1. The van der Waals surface area contributed by atoms with Crippen LogP contribution < -0.4 is 10.1 Å². The molecule has 0 aliphatic rings. The van der Waals surface area contributed by atoms with Gasteiger partial charge in [0.15, 0.2) is 0 Å². The van der Waals surface area contributed by atoms with Gasteiger partial charge in [0.05, 0.1) is 13.5 Å². The molecule has 1 aromatic carbocycles. The van der Waals surface area contributed by atoms with Gasteiger partial charge in [0.2, 0.25) is 5.91 Å². The minimum atomic E-state index is 0.0108. The lowest BCUT2D eigenvalue weighted by Gasteiger charge is -2.10. The molecule has 4 nitrogen and oxygen atoms in total. The number of methoxy groups -OCH3 is 1. The normalized spacial score (nSPS) is 10.3. The van der Waals surface area contributed by atoms with Crippen LogP contribution in [0.4, 0.5) is 0 Å². The molecule has 0 aromatic heterocycles. The van der Waals surface area contributed by atoms with Crippen molar-refractivity contribution >= 4 is 17.7 Å². The summed E-state index contributed by atoms with van der Waals surface area (Å²) in [4.78, 5) is 11.9. The number of rotatable bonds is 9. The number of carbonyl (C=O) groups is 1. The lowest BCUT2D eigenvalue weighted by atomic mass is 10.1. The van der Waals surface area contributed by atoms with E-state index in [-0.39, 0.29) is 12.5 Å². The molecule has 1 rings (SSSR count). The number of carbonyl (C=O) groups excluding carboxylic acids is 1. The highest BCUT2D eigenvalue weighted by molar-refractivity contribution is 7.99. The number of hydrogen-bond donors (Lipinski definition) is 2. The summed E-state index contributed by atoms with van der Waals surface area (Å²) in [7, 11) is 1.61. The molecule has 1 amide bonds. The Balaban J connectivity index is 2.33. The zero-order valence-electron chi connectivity index (χ0n) is 12.1. The van der Waals surface area contributed by atoms with Crippen molar-refractivity contribution in [2.75, 3.05) is 31.8 Å². The maximum absolute atomic E-state index is 11.9. The Labute approximate surface area is 124 Å². The minimum Gasteiger partial charge on any atom is -0.496 e. The molecular weight excluding hydrogens is 274 g/mol. The van der Waals surface area contributed by atoms with Gasteiger partial charge in [0.25, 0.3) is 0 Å². The van der Waals surface area contributed by atoms with E-state index in [1.54, 1.807) is 18.9 Å². The molecule has 0 spiro atoms. The average molecular weight is 297 g/mol. The monoisotopic (exact) mass is 297 g/mol. The molecule has 0 saturated heterocycles. The van der Waals surface area contributed by atoms with E-state index in [1.165, 1.54) is 0 Å². The second kappa shape index (κ2) is 9.66. The van der Waals surface area contributed by atoms with Crippen molar-refractivity contribution in [3.05, 3.63) is 29.3 Å². The molecule has 0 radical (unpaired) electrons. The molecule has 5 heteroatoms. The first kappa shape index (κ1) is 16.9. The van der Waals surface area contributed by atoms with Gasteiger partial charge in [0.1, 0.15) is 5.75 Å². The van der Waals surface area contributed by atoms with Gasteiger partial charge < -0.3 is 15.2 Å². The van der Waals surface area contributed by atoms with E-state index in [2.05, 4.69) is 5.32 Å². The Bertz CT molecular complexity index is 424. The number of aliphatic hydroxyl groups is 1. The fraction of sp³-hybridized carbons (Fsp3) is 0.533. The second-order valence-corrected chi connectivity index (χ2v) is 5.76.